The lowest BCUT2D eigenvalue weighted by atomic mass is 10.3. The number of carbonyl (C=O) groups is 1. The maximum absolute atomic E-state index is 12.3. The second-order valence-electron chi connectivity index (χ2n) is 5.67. The number of hydrogen-bond donors (Lipinski definition) is 3. The molecule has 1 unspecified atom stereocenters. The zero-order chi connectivity index (χ0) is 19.3. The normalized spacial score (nSPS) is 12.6. The number of ether oxygens (including phenoxy) is 1. The average Bonchev–Trinajstić information content (AvgIpc) is 2.93. The van der Waals surface area contributed by atoms with Crippen molar-refractivity contribution in [2.24, 2.45) is 0 Å². The molecule has 0 bridgehead atoms. The van der Waals surface area contributed by atoms with Crippen LogP contribution in [0.15, 0.2) is 29.2 Å². The molecule has 0 spiro atoms. The quantitative estimate of drug-likeness (QED) is 0.582. The summed E-state index contributed by atoms with van der Waals surface area (Å²) in [5.74, 6) is 0.165. The average molecular weight is 401 g/mol. The first-order chi connectivity index (χ1) is 12.2. The minimum Gasteiger partial charge on any atom is -0.481 e. The van der Waals surface area contributed by atoms with Gasteiger partial charge in [-0.25, -0.2) is 13.1 Å². The van der Waals surface area contributed by atoms with Crippen LogP contribution in [0, 0.1) is 13.8 Å². The van der Waals surface area contributed by atoms with Crippen LogP contribution in [0.5, 0.6) is 5.75 Å². The maximum Gasteiger partial charge on any atom is 0.260 e. The number of aryl methyl sites for hydroxylation is 2. The summed E-state index contributed by atoms with van der Waals surface area (Å²) in [5, 5.41) is 9.69. The third kappa shape index (κ3) is 5.20. The van der Waals surface area contributed by atoms with Crippen molar-refractivity contribution in [3.63, 3.8) is 0 Å². The van der Waals surface area contributed by atoms with Gasteiger partial charge in [0.05, 0.1) is 11.4 Å². The molecule has 8 nitrogen and oxygen atoms in total. The molecule has 1 amide bonds. The molecule has 0 aliphatic rings. The van der Waals surface area contributed by atoms with E-state index in [9.17, 15) is 13.2 Å². The summed E-state index contributed by atoms with van der Waals surface area (Å²) < 4.78 is 32.5. The van der Waals surface area contributed by atoms with Crippen molar-refractivity contribution in [2.45, 2.75) is 31.8 Å². The summed E-state index contributed by atoms with van der Waals surface area (Å²) in [5.41, 5.74) is 0.855. The molecule has 10 heteroatoms. The van der Waals surface area contributed by atoms with Crippen LogP contribution in [0.1, 0.15) is 18.3 Å². The number of nitrogens with one attached hydrogen (secondary N) is 3. The van der Waals surface area contributed by atoms with Gasteiger partial charge in [-0.3, -0.25) is 9.89 Å². The number of H-pyrrole nitrogens is 1. The number of aromatic nitrogens is 2. The number of amides is 1. The zero-order valence-corrected chi connectivity index (χ0v) is 16.2. The first-order valence-corrected chi connectivity index (χ1v) is 9.78. The Morgan fingerprint density at radius 3 is 2.50 bits per heavy atom. The van der Waals surface area contributed by atoms with Gasteiger partial charge in [-0.2, -0.15) is 5.10 Å². The molecule has 1 aromatic heterocycles. The van der Waals surface area contributed by atoms with E-state index in [4.69, 9.17) is 16.3 Å². The van der Waals surface area contributed by atoms with E-state index >= 15 is 0 Å². The largest absolute Gasteiger partial charge is 0.481 e. The van der Waals surface area contributed by atoms with Crippen LogP contribution < -0.4 is 14.8 Å². The molecule has 1 heterocycles. The highest BCUT2D eigenvalue weighted by molar-refractivity contribution is 7.89. The van der Waals surface area contributed by atoms with E-state index < -0.39 is 16.1 Å². The Hall–Kier alpha value is -2.10. The Morgan fingerprint density at radius 1 is 1.27 bits per heavy atom. The molecular weight excluding hydrogens is 380 g/mol. The van der Waals surface area contributed by atoms with E-state index in [1.54, 1.807) is 45.0 Å². The first kappa shape index (κ1) is 20.2. The summed E-state index contributed by atoms with van der Waals surface area (Å²) >= 11 is 5.79. The number of aromatic amines is 1. The van der Waals surface area contributed by atoms with Gasteiger partial charge in [-0.05, 0) is 45.0 Å². The minimum absolute atomic E-state index is 0.0474. The fourth-order valence-electron chi connectivity index (χ4n) is 2.29. The number of hydrogen-bond acceptors (Lipinski definition) is 5. The number of rotatable bonds is 8. The van der Waals surface area contributed by atoms with E-state index in [-0.39, 0.29) is 23.9 Å². The molecule has 0 radical (unpaired) electrons. The Kier molecular flexibility index (Phi) is 6.63. The molecule has 2 aromatic rings. The second kappa shape index (κ2) is 8.52. The van der Waals surface area contributed by atoms with Gasteiger partial charge in [0.15, 0.2) is 6.10 Å². The Bertz CT molecular complexity index is 845. The summed E-state index contributed by atoms with van der Waals surface area (Å²) in [4.78, 5) is 12.1. The lowest BCUT2D eigenvalue weighted by Gasteiger charge is -2.15. The topological polar surface area (TPSA) is 113 Å². The minimum atomic E-state index is -3.69. The van der Waals surface area contributed by atoms with E-state index in [1.807, 2.05) is 0 Å². The van der Waals surface area contributed by atoms with E-state index in [0.717, 1.165) is 0 Å². The Balaban J connectivity index is 1.80. The van der Waals surface area contributed by atoms with Crippen LogP contribution >= 0.6 is 11.6 Å². The van der Waals surface area contributed by atoms with E-state index in [0.29, 0.717) is 22.2 Å². The summed E-state index contributed by atoms with van der Waals surface area (Å²) in [6.07, 6.45) is -0.730. The number of halogens is 1. The lowest BCUT2D eigenvalue weighted by molar-refractivity contribution is -0.127. The van der Waals surface area contributed by atoms with Gasteiger partial charge >= 0.3 is 0 Å². The van der Waals surface area contributed by atoms with Crippen LogP contribution in [0.3, 0.4) is 0 Å². The predicted octanol–water partition coefficient (Wildman–Crippen LogP) is 1.54. The summed E-state index contributed by atoms with van der Waals surface area (Å²) in [7, 11) is -3.69. The second-order valence-corrected chi connectivity index (χ2v) is 7.81. The standard InChI is InChI=1S/C16H21ClN4O4S/c1-10-15(11(2)21-20-10)26(23,24)19-9-8-18-16(22)12(3)25-14-6-4-13(17)5-7-14/h4-7,12,19H,8-9H2,1-3H3,(H,18,22)(H,20,21). The predicted molar refractivity (Wildman–Crippen MR) is 97.8 cm³/mol. The molecule has 2 rings (SSSR count). The van der Waals surface area contributed by atoms with Crippen LogP contribution in [0.25, 0.3) is 0 Å². The highest BCUT2D eigenvalue weighted by atomic mass is 35.5. The number of carbonyl (C=O) groups excluding carboxylic acids is 1. The highest BCUT2D eigenvalue weighted by Gasteiger charge is 2.22. The third-order valence-electron chi connectivity index (χ3n) is 3.54. The van der Waals surface area contributed by atoms with Gasteiger partial charge in [-0.15, -0.1) is 0 Å². The lowest BCUT2D eigenvalue weighted by Crippen LogP contribution is -2.40. The van der Waals surface area contributed by atoms with Gasteiger partial charge < -0.3 is 10.1 Å². The molecule has 0 aliphatic heterocycles. The molecule has 0 aliphatic carbocycles. The summed E-state index contributed by atoms with van der Waals surface area (Å²) in [6, 6.07) is 6.65. The molecule has 0 saturated heterocycles. The van der Waals surface area contributed by atoms with Crippen molar-refractivity contribution in [2.75, 3.05) is 13.1 Å². The third-order valence-corrected chi connectivity index (χ3v) is 5.52. The molecule has 142 valence electrons. The van der Waals surface area contributed by atoms with E-state index in [1.165, 1.54) is 0 Å². The van der Waals surface area contributed by atoms with Crippen LogP contribution in [-0.4, -0.2) is 43.7 Å². The van der Waals surface area contributed by atoms with Crippen LogP contribution in [-0.2, 0) is 14.8 Å². The first-order valence-electron chi connectivity index (χ1n) is 7.92. The molecule has 3 N–H and O–H groups in total. The van der Waals surface area contributed by atoms with Crippen molar-refractivity contribution >= 4 is 27.5 Å². The van der Waals surface area contributed by atoms with Gasteiger partial charge in [0.25, 0.3) is 5.91 Å². The number of sulfonamides is 1. The maximum atomic E-state index is 12.3. The van der Waals surface area contributed by atoms with Crippen molar-refractivity contribution < 1.29 is 17.9 Å². The highest BCUT2D eigenvalue weighted by Crippen LogP contribution is 2.17. The monoisotopic (exact) mass is 400 g/mol. The molecular formula is C16H21ClN4O4S. The smallest absolute Gasteiger partial charge is 0.260 e. The zero-order valence-electron chi connectivity index (χ0n) is 14.7. The molecule has 1 aromatic carbocycles. The molecule has 26 heavy (non-hydrogen) atoms. The van der Waals surface area contributed by atoms with E-state index in [2.05, 4.69) is 20.2 Å². The van der Waals surface area contributed by atoms with Crippen molar-refractivity contribution in [1.29, 1.82) is 0 Å². The number of nitrogens with zero attached hydrogens (tertiary/aromatic N) is 1. The molecule has 0 saturated carbocycles. The SMILES string of the molecule is Cc1n[nH]c(C)c1S(=O)(=O)NCCNC(=O)C(C)Oc1ccc(Cl)cc1. The van der Waals surface area contributed by atoms with Crippen molar-refractivity contribution in [3.8, 4) is 5.75 Å². The Labute approximate surface area is 157 Å². The van der Waals surface area contributed by atoms with Gasteiger partial charge in [-0.1, -0.05) is 11.6 Å². The van der Waals surface area contributed by atoms with Gasteiger partial charge in [0.2, 0.25) is 10.0 Å². The molecule has 0 fully saturated rings. The van der Waals surface area contributed by atoms with Crippen molar-refractivity contribution in [1.82, 2.24) is 20.2 Å². The van der Waals surface area contributed by atoms with Gasteiger partial charge in [0.1, 0.15) is 10.6 Å². The number of benzene rings is 1. The van der Waals surface area contributed by atoms with Crippen molar-refractivity contribution in [3.05, 3.63) is 40.7 Å². The van der Waals surface area contributed by atoms with Crippen LogP contribution in [0.2, 0.25) is 5.02 Å². The fourth-order valence-corrected chi connectivity index (χ4v) is 3.82. The van der Waals surface area contributed by atoms with Gasteiger partial charge in [0, 0.05) is 18.1 Å². The fraction of sp³-hybridized carbons (Fsp3) is 0.375. The van der Waals surface area contributed by atoms with Crippen LogP contribution in [0.4, 0.5) is 0 Å². The Morgan fingerprint density at radius 2 is 1.92 bits per heavy atom. The molecule has 1 atom stereocenters. The summed E-state index contributed by atoms with van der Waals surface area (Å²) in [6.45, 7) is 5.02.